The van der Waals surface area contributed by atoms with E-state index < -0.39 is 18.4 Å². The van der Waals surface area contributed by atoms with Gasteiger partial charge in [0.05, 0.1) is 0 Å². The van der Waals surface area contributed by atoms with Gasteiger partial charge in [0.1, 0.15) is 0 Å². The molecule has 0 radical (unpaired) electrons. The van der Waals surface area contributed by atoms with Gasteiger partial charge >= 0.3 is 12.1 Å². The van der Waals surface area contributed by atoms with Crippen molar-refractivity contribution < 1.29 is 24.5 Å². The lowest BCUT2D eigenvalue weighted by molar-refractivity contribution is -0.132. The van der Waals surface area contributed by atoms with E-state index in [2.05, 4.69) is 10.5 Å². The van der Waals surface area contributed by atoms with Crippen LogP contribution < -0.4 is 5.73 Å². The predicted octanol–water partition coefficient (Wildman–Crippen LogP) is -0.745. The first-order valence-electron chi connectivity index (χ1n) is 3.48. The van der Waals surface area contributed by atoms with Crippen molar-refractivity contribution in [2.24, 2.45) is 5.73 Å². The van der Waals surface area contributed by atoms with Gasteiger partial charge < -0.3 is 20.7 Å². The molecular formula is C7H11NO5. The average molecular weight is 189 g/mol. The molecule has 0 aliphatic carbocycles. The van der Waals surface area contributed by atoms with E-state index in [0.29, 0.717) is 0 Å². The van der Waals surface area contributed by atoms with Crippen LogP contribution in [-0.2, 0) is 9.53 Å². The van der Waals surface area contributed by atoms with E-state index in [1.54, 1.807) is 0 Å². The number of aliphatic hydroxyl groups excluding tert-OH is 1. The highest BCUT2D eigenvalue weighted by Crippen LogP contribution is 2.00. The third-order valence-electron chi connectivity index (χ3n) is 1.15. The Morgan fingerprint density at radius 3 is 2.46 bits per heavy atom. The molecule has 1 amide bonds. The molecule has 4 N–H and O–H groups in total. The molecule has 0 bridgehead atoms. The molecule has 0 aromatic heterocycles. The number of amides is 1. The molecule has 6 heteroatoms. The normalized spacial score (nSPS) is 11.5. The van der Waals surface area contributed by atoms with Gasteiger partial charge in [0.2, 0.25) is 0 Å². The quantitative estimate of drug-likeness (QED) is 0.234. The van der Waals surface area contributed by atoms with Crippen LogP contribution in [0.3, 0.4) is 0 Å². The zero-order valence-electron chi connectivity index (χ0n) is 7.06. The van der Waals surface area contributed by atoms with Crippen LogP contribution >= 0.6 is 0 Å². The number of carbonyl (C=O) groups is 2. The van der Waals surface area contributed by atoms with Crippen LogP contribution in [0.2, 0.25) is 0 Å². The van der Waals surface area contributed by atoms with Crippen molar-refractivity contribution in [1.82, 2.24) is 0 Å². The molecule has 0 unspecified atom stereocenters. The fraction of sp³-hybridized carbons (Fsp3) is 0.429. The molecule has 0 aromatic rings. The molecule has 0 aliphatic rings. The maximum atomic E-state index is 10.8. The molecular weight excluding hydrogens is 178 g/mol. The van der Waals surface area contributed by atoms with Crippen molar-refractivity contribution in [2.45, 2.75) is 19.6 Å². The van der Waals surface area contributed by atoms with Crippen molar-refractivity contribution >= 4 is 12.1 Å². The van der Waals surface area contributed by atoms with Crippen molar-refractivity contribution in [2.75, 3.05) is 0 Å². The van der Waals surface area contributed by atoms with Crippen LogP contribution in [0.1, 0.15) is 13.3 Å². The van der Waals surface area contributed by atoms with Crippen LogP contribution in [0.4, 0.5) is 4.79 Å². The van der Waals surface area contributed by atoms with Crippen molar-refractivity contribution in [3.8, 4) is 0 Å². The lowest BCUT2D eigenvalue weighted by Crippen LogP contribution is -2.19. The van der Waals surface area contributed by atoms with Crippen molar-refractivity contribution in [3.05, 3.63) is 11.6 Å². The number of esters is 1. The predicted molar refractivity (Wildman–Crippen MR) is 42.3 cm³/mol. The minimum absolute atomic E-state index is 0.0897. The third-order valence-corrected chi connectivity index (χ3v) is 1.15. The van der Waals surface area contributed by atoms with Gasteiger partial charge in [-0.25, -0.2) is 9.59 Å². The van der Waals surface area contributed by atoms with Gasteiger partial charge in [-0.3, -0.25) is 0 Å². The van der Waals surface area contributed by atoms with E-state index in [-0.39, 0.29) is 12.0 Å². The van der Waals surface area contributed by atoms with E-state index >= 15 is 0 Å². The second kappa shape index (κ2) is 5.28. The van der Waals surface area contributed by atoms with Gasteiger partial charge in [-0.1, -0.05) is 6.08 Å². The number of primary amides is 1. The molecule has 0 aromatic carbocycles. The highest BCUT2D eigenvalue weighted by Gasteiger charge is 2.08. The third kappa shape index (κ3) is 5.83. The van der Waals surface area contributed by atoms with Crippen LogP contribution in [0, 0.1) is 0 Å². The number of hydrogen-bond acceptors (Lipinski definition) is 5. The van der Waals surface area contributed by atoms with Gasteiger partial charge in [0.25, 0.3) is 0 Å². The van der Waals surface area contributed by atoms with E-state index in [1.165, 1.54) is 13.0 Å². The fourth-order valence-corrected chi connectivity index (χ4v) is 0.537. The molecule has 0 fully saturated rings. The van der Waals surface area contributed by atoms with Crippen molar-refractivity contribution in [1.29, 1.82) is 0 Å². The summed E-state index contributed by atoms with van der Waals surface area (Å²) in [4.78, 5) is 20.9. The first-order chi connectivity index (χ1) is 5.93. The minimum atomic E-state index is -1.53. The summed E-state index contributed by atoms with van der Waals surface area (Å²) in [7, 11) is 0. The smallest absolute Gasteiger partial charge is 0.373 e. The molecule has 74 valence electrons. The van der Waals surface area contributed by atoms with E-state index in [0.717, 1.165) is 0 Å². The minimum Gasteiger partial charge on any atom is -0.373 e. The Morgan fingerprint density at radius 2 is 2.08 bits per heavy atom. The summed E-state index contributed by atoms with van der Waals surface area (Å²) in [6.45, 7) is 1.37. The summed E-state index contributed by atoms with van der Waals surface area (Å²) < 4.78 is 4.01. The largest absolute Gasteiger partial charge is 0.412 e. The Hall–Kier alpha value is -1.40. The molecule has 13 heavy (non-hydrogen) atoms. The second-order valence-electron chi connectivity index (χ2n) is 2.31. The maximum absolute atomic E-state index is 10.8. The zero-order chi connectivity index (χ0) is 10.4. The second-order valence-corrected chi connectivity index (χ2v) is 2.31. The average Bonchev–Trinajstić information content (AvgIpc) is 1.98. The van der Waals surface area contributed by atoms with Gasteiger partial charge in [-0.15, -0.1) is 0 Å². The highest BCUT2D eigenvalue weighted by molar-refractivity contribution is 5.94. The van der Waals surface area contributed by atoms with Crippen LogP contribution in [-0.4, -0.2) is 28.6 Å². The molecule has 0 saturated carbocycles. The molecule has 6 nitrogen and oxygen atoms in total. The summed E-state index contributed by atoms with van der Waals surface area (Å²) in [6, 6.07) is 0. The highest BCUT2D eigenvalue weighted by atomic mass is 16.6. The Kier molecular flexibility index (Phi) is 4.71. The van der Waals surface area contributed by atoms with Crippen molar-refractivity contribution in [3.63, 3.8) is 0 Å². The SMILES string of the molecule is CC(=CCC(O)O)C(=O)OC(N)=O. The Labute approximate surface area is 74.6 Å². The number of carbonyl (C=O) groups excluding carboxylic acids is 2. The van der Waals surface area contributed by atoms with Gasteiger partial charge in [-0.2, -0.15) is 0 Å². The topological polar surface area (TPSA) is 110 Å². The number of hydrogen-bond donors (Lipinski definition) is 3. The summed E-state index contributed by atoms with van der Waals surface area (Å²) in [5, 5.41) is 16.9. The molecule has 0 aliphatic heterocycles. The molecule has 0 saturated heterocycles. The lowest BCUT2D eigenvalue weighted by atomic mass is 10.2. The van der Waals surface area contributed by atoms with E-state index in [4.69, 9.17) is 10.2 Å². The monoisotopic (exact) mass is 189 g/mol. The number of nitrogens with two attached hydrogens (primary N) is 1. The first kappa shape index (κ1) is 11.6. The Balaban J connectivity index is 4.09. The number of ether oxygens (including phenoxy) is 1. The standard InChI is InChI=1S/C7H11NO5/c1-4(2-3-5(9)10)6(11)13-7(8)12/h2,5,9-10H,3H2,1H3,(H2,8,12). The van der Waals surface area contributed by atoms with Crippen LogP contribution in [0.5, 0.6) is 0 Å². The number of aliphatic hydroxyl groups is 2. The van der Waals surface area contributed by atoms with Crippen LogP contribution in [0.25, 0.3) is 0 Å². The molecule has 0 spiro atoms. The summed E-state index contributed by atoms with van der Waals surface area (Å²) in [5.41, 5.74) is 4.67. The maximum Gasteiger partial charge on any atom is 0.412 e. The summed E-state index contributed by atoms with van der Waals surface area (Å²) >= 11 is 0. The number of rotatable bonds is 3. The Bertz CT molecular complexity index is 233. The zero-order valence-corrected chi connectivity index (χ0v) is 7.06. The molecule has 0 heterocycles. The Morgan fingerprint density at radius 1 is 1.54 bits per heavy atom. The summed E-state index contributed by atoms with van der Waals surface area (Å²) in [5.74, 6) is -0.895. The van der Waals surface area contributed by atoms with E-state index in [1.807, 2.05) is 0 Å². The summed E-state index contributed by atoms with van der Waals surface area (Å²) in [6.07, 6.45) is -1.60. The fourth-order valence-electron chi connectivity index (χ4n) is 0.537. The van der Waals surface area contributed by atoms with Gasteiger partial charge in [-0.05, 0) is 6.92 Å². The first-order valence-corrected chi connectivity index (χ1v) is 3.48. The van der Waals surface area contributed by atoms with Gasteiger partial charge in [0, 0.05) is 12.0 Å². The van der Waals surface area contributed by atoms with E-state index in [9.17, 15) is 9.59 Å². The molecule has 0 rings (SSSR count). The molecule has 0 atom stereocenters. The lowest BCUT2D eigenvalue weighted by Gasteiger charge is -2.00. The van der Waals surface area contributed by atoms with Crippen LogP contribution in [0.15, 0.2) is 11.6 Å². The van der Waals surface area contributed by atoms with Gasteiger partial charge in [0.15, 0.2) is 6.29 Å².